The van der Waals surface area contributed by atoms with Crippen LogP contribution in [0.25, 0.3) is 0 Å². The first-order valence-electron chi connectivity index (χ1n) is 5.16. The summed E-state index contributed by atoms with van der Waals surface area (Å²) in [5.41, 5.74) is 1.13. The molecule has 1 N–H and O–H groups in total. The van der Waals surface area contributed by atoms with Crippen LogP contribution in [0.4, 0.5) is 0 Å². The predicted octanol–water partition coefficient (Wildman–Crippen LogP) is 3.58. The molecule has 2 aromatic rings. The molecule has 0 saturated carbocycles. The molecule has 0 saturated heterocycles. The smallest absolute Gasteiger partial charge is 0.335 e. The third kappa shape index (κ3) is 2.91. The molecule has 0 atom stereocenters. The molecule has 1 aromatic carbocycles. The average molecular weight is 248 g/mol. The van der Waals surface area contributed by atoms with Gasteiger partial charge in [-0.05, 0) is 42.8 Å². The minimum atomic E-state index is -0.884. The molecular weight excluding hydrogens is 236 g/mol. The van der Waals surface area contributed by atoms with Gasteiger partial charge in [0.1, 0.15) is 5.76 Å². The second kappa shape index (κ2) is 5.10. The van der Waals surface area contributed by atoms with E-state index in [4.69, 9.17) is 9.52 Å². The fourth-order valence-corrected chi connectivity index (χ4v) is 2.41. The first-order chi connectivity index (χ1) is 8.16. The van der Waals surface area contributed by atoms with Crippen LogP contribution in [-0.2, 0) is 5.75 Å². The van der Waals surface area contributed by atoms with Gasteiger partial charge < -0.3 is 9.52 Å². The number of carboxylic acids is 1. The van der Waals surface area contributed by atoms with Gasteiger partial charge in [-0.1, -0.05) is 0 Å². The van der Waals surface area contributed by atoms with Gasteiger partial charge in [-0.3, -0.25) is 0 Å². The van der Waals surface area contributed by atoms with Crippen LogP contribution >= 0.6 is 11.8 Å². The van der Waals surface area contributed by atoms with Crippen molar-refractivity contribution < 1.29 is 14.3 Å². The lowest BCUT2D eigenvalue weighted by molar-refractivity contribution is 0.0696. The predicted molar refractivity (Wildman–Crippen MR) is 66.4 cm³/mol. The van der Waals surface area contributed by atoms with Crippen molar-refractivity contribution in [1.82, 2.24) is 0 Å². The minimum Gasteiger partial charge on any atom is -0.478 e. The highest BCUT2D eigenvalue weighted by atomic mass is 32.2. The number of hydrogen-bond acceptors (Lipinski definition) is 3. The topological polar surface area (TPSA) is 50.4 Å². The Morgan fingerprint density at radius 3 is 2.82 bits per heavy atom. The molecule has 0 fully saturated rings. The van der Waals surface area contributed by atoms with Gasteiger partial charge in [-0.2, -0.15) is 0 Å². The monoisotopic (exact) mass is 248 g/mol. The Balaban J connectivity index is 2.07. The van der Waals surface area contributed by atoms with Gasteiger partial charge in [-0.15, -0.1) is 11.8 Å². The molecule has 4 heteroatoms. The molecular formula is C13H12O3S. The van der Waals surface area contributed by atoms with E-state index in [0.29, 0.717) is 5.56 Å². The summed E-state index contributed by atoms with van der Waals surface area (Å²) in [5.74, 6) is 0.777. The number of hydrogen-bond donors (Lipinski definition) is 1. The molecule has 0 radical (unpaired) electrons. The third-order valence-electron chi connectivity index (χ3n) is 2.39. The Kier molecular flexibility index (Phi) is 3.54. The summed E-state index contributed by atoms with van der Waals surface area (Å²) in [6.07, 6.45) is 1.65. The normalized spacial score (nSPS) is 10.4. The van der Waals surface area contributed by atoms with E-state index in [0.717, 1.165) is 22.0 Å². The Hall–Kier alpha value is -1.68. The Morgan fingerprint density at radius 2 is 2.24 bits per heavy atom. The number of carboxylic acid groups (broad SMARTS) is 1. The van der Waals surface area contributed by atoms with Gasteiger partial charge in [0.15, 0.2) is 0 Å². The molecule has 0 aliphatic carbocycles. The van der Waals surface area contributed by atoms with E-state index in [1.54, 1.807) is 31.0 Å². The maximum Gasteiger partial charge on any atom is 0.335 e. The second-order valence-electron chi connectivity index (χ2n) is 3.65. The standard InChI is InChI=1S/C13H12O3S/c1-9-7-11(4-5-12(9)13(14)15)17-8-10-3-2-6-16-10/h2-7H,8H2,1H3,(H,14,15). The van der Waals surface area contributed by atoms with E-state index in [2.05, 4.69) is 0 Å². The van der Waals surface area contributed by atoms with Crippen LogP contribution in [0.1, 0.15) is 21.7 Å². The number of thioether (sulfide) groups is 1. The molecule has 17 heavy (non-hydrogen) atoms. The third-order valence-corrected chi connectivity index (χ3v) is 3.41. The maximum atomic E-state index is 10.9. The van der Waals surface area contributed by atoms with Gasteiger partial charge in [-0.25, -0.2) is 4.79 Å². The van der Waals surface area contributed by atoms with Crippen molar-refractivity contribution in [2.24, 2.45) is 0 Å². The van der Waals surface area contributed by atoms with Crippen LogP contribution in [0.15, 0.2) is 45.9 Å². The molecule has 0 spiro atoms. The van der Waals surface area contributed by atoms with Crippen molar-refractivity contribution in [2.75, 3.05) is 0 Å². The fourth-order valence-electron chi connectivity index (χ4n) is 1.52. The fraction of sp³-hybridized carbons (Fsp3) is 0.154. The summed E-state index contributed by atoms with van der Waals surface area (Å²) < 4.78 is 5.23. The van der Waals surface area contributed by atoms with Gasteiger partial charge in [0.2, 0.25) is 0 Å². The van der Waals surface area contributed by atoms with E-state index in [1.807, 2.05) is 24.3 Å². The first-order valence-corrected chi connectivity index (χ1v) is 6.14. The van der Waals surface area contributed by atoms with Gasteiger partial charge in [0.25, 0.3) is 0 Å². The number of rotatable bonds is 4. The number of benzene rings is 1. The van der Waals surface area contributed by atoms with Crippen LogP contribution in [-0.4, -0.2) is 11.1 Å². The zero-order valence-electron chi connectivity index (χ0n) is 9.34. The SMILES string of the molecule is Cc1cc(SCc2ccco2)ccc1C(=O)O. The first kappa shape index (κ1) is 11.8. The highest BCUT2D eigenvalue weighted by molar-refractivity contribution is 7.98. The van der Waals surface area contributed by atoms with Crippen LogP contribution in [0.5, 0.6) is 0 Å². The zero-order valence-corrected chi connectivity index (χ0v) is 10.2. The molecule has 3 nitrogen and oxygen atoms in total. The summed E-state index contributed by atoms with van der Waals surface area (Å²) in [7, 11) is 0. The zero-order chi connectivity index (χ0) is 12.3. The van der Waals surface area contributed by atoms with Crippen molar-refractivity contribution in [1.29, 1.82) is 0 Å². The lowest BCUT2D eigenvalue weighted by Crippen LogP contribution is -1.99. The molecule has 1 heterocycles. The van der Waals surface area contributed by atoms with Gasteiger partial charge >= 0.3 is 5.97 Å². The summed E-state index contributed by atoms with van der Waals surface area (Å²) in [5, 5.41) is 8.91. The largest absolute Gasteiger partial charge is 0.478 e. The van der Waals surface area contributed by atoms with Gasteiger partial charge in [0, 0.05) is 4.90 Å². The van der Waals surface area contributed by atoms with Crippen LogP contribution < -0.4 is 0 Å². The lowest BCUT2D eigenvalue weighted by Gasteiger charge is -2.04. The lowest BCUT2D eigenvalue weighted by atomic mass is 10.1. The summed E-state index contributed by atoms with van der Waals surface area (Å²) >= 11 is 1.63. The highest BCUT2D eigenvalue weighted by Gasteiger charge is 2.07. The number of carbonyl (C=O) groups is 1. The van der Waals surface area contributed by atoms with Crippen LogP contribution in [0.3, 0.4) is 0 Å². The summed E-state index contributed by atoms with van der Waals surface area (Å²) in [6.45, 7) is 1.81. The second-order valence-corrected chi connectivity index (χ2v) is 4.70. The summed E-state index contributed by atoms with van der Waals surface area (Å²) in [6, 6.07) is 9.13. The van der Waals surface area contributed by atoms with Gasteiger partial charge in [0.05, 0.1) is 17.6 Å². The summed E-state index contributed by atoms with van der Waals surface area (Å²) in [4.78, 5) is 11.9. The molecule has 0 amide bonds. The maximum absolute atomic E-state index is 10.9. The molecule has 0 bridgehead atoms. The molecule has 0 aliphatic rings. The van der Waals surface area contributed by atoms with Crippen LogP contribution in [0, 0.1) is 6.92 Å². The Morgan fingerprint density at radius 1 is 1.41 bits per heavy atom. The Bertz CT molecular complexity index is 517. The van der Waals surface area contributed by atoms with E-state index in [9.17, 15) is 4.79 Å². The van der Waals surface area contributed by atoms with Crippen molar-refractivity contribution in [2.45, 2.75) is 17.6 Å². The average Bonchev–Trinajstić information content (AvgIpc) is 2.78. The highest BCUT2D eigenvalue weighted by Crippen LogP contribution is 2.25. The number of aromatic carboxylic acids is 1. The van der Waals surface area contributed by atoms with E-state index >= 15 is 0 Å². The van der Waals surface area contributed by atoms with E-state index in [-0.39, 0.29) is 0 Å². The molecule has 1 aromatic heterocycles. The van der Waals surface area contributed by atoms with Crippen molar-refractivity contribution in [3.05, 3.63) is 53.5 Å². The number of aryl methyl sites for hydroxylation is 1. The molecule has 2 rings (SSSR count). The van der Waals surface area contributed by atoms with Crippen molar-refractivity contribution in [3.63, 3.8) is 0 Å². The van der Waals surface area contributed by atoms with E-state index < -0.39 is 5.97 Å². The van der Waals surface area contributed by atoms with Crippen molar-refractivity contribution >= 4 is 17.7 Å². The van der Waals surface area contributed by atoms with Crippen molar-refractivity contribution in [3.8, 4) is 0 Å². The molecule has 0 aliphatic heterocycles. The quantitative estimate of drug-likeness (QED) is 0.840. The van der Waals surface area contributed by atoms with Crippen LogP contribution in [0.2, 0.25) is 0 Å². The molecule has 0 unspecified atom stereocenters. The molecule has 88 valence electrons. The minimum absolute atomic E-state index is 0.354. The Labute approximate surface area is 103 Å². The van der Waals surface area contributed by atoms with E-state index in [1.165, 1.54) is 0 Å². The number of furan rings is 1.